The number of carbonyl (C=O) groups is 2. The van der Waals surface area contributed by atoms with Crippen LogP contribution in [0.5, 0.6) is 0 Å². The van der Waals surface area contributed by atoms with E-state index in [1.807, 2.05) is 29.0 Å². The molecule has 2 saturated heterocycles. The van der Waals surface area contributed by atoms with Gasteiger partial charge in [-0.2, -0.15) is 0 Å². The number of aryl methyl sites for hydroxylation is 1. The van der Waals surface area contributed by atoms with Crippen molar-refractivity contribution >= 4 is 11.8 Å². The number of hydrogen-bond donors (Lipinski definition) is 0. The lowest BCUT2D eigenvalue weighted by molar-refractivity contribution is -0.129. The van der Waals surface area contributed by atoms with E-state index in [1.54, 1.807) is 6.20 Å². The van der Waals surface area contributed by atoms with Gasteiger partial charge in [0.25, 0.3) is 5.91 Å². The first-order valence-electron chi connectivity index (χ1n) is 9.51. The highest BCUT2D eigenvalue weighted by atomic mass is 16.2. The monoisotopic (exact) mass is 343 g/mol. The molecule has 2 fully saturated rings. The van der Waals surface area contributed by atoms with Crippen molar-refractivity contribution in [2.24, 2.45) is 5.41 Å². The smallest absolute Gasteiger partial charge is 0.253 e. The third kappa shape index (κ3) is 4.02. The zero-order chi connectivity index (χ0) is 17.9. The molecule has 0 aliphatic carbocycles. The fourth-order valence-corrected chi connectivity index (χ4v) is 4.09. The molecule has 1 aromatic heterocycles. The normalized spacial score (nSPS) is 20.6. The van der Waals surface area contributed by atoms with Crippen LogP contribution in [0.4, 0.5) is 0 Å². The topological polar surface area (TPSA) is 53.5 Å². The van der Waals surface area contributed by atoms with Gasteiger partial charge in [-0.1, -0.05) is 13.3 Å². The first kappa shape index (κ1) is 17.9. The average Bonchev–Trinajstić information content (AvgIpc) is 2.77. The molecule has 0 radical (unpaired) electrons. The Kier molecular flexibility index (Phi) is 5.40. The van der Waals surface area contributed by atoms with Gasteiger partial charge in [0.15, 0.2) is 0 Å². The van der Waals surface area contributed by atoms with E-state index < -0.39 is 0 Å². The van der Waals surface area contributed by atoms with E-state index in [0.29, 0.717) is 6.42 Å². The molecule has 0 unspecified atom stereocenters. The molecule has 1 aromatic rings. The lowest BCUT2D eigenvalue weighted by atomic mass is 9.73. The van der Waals surface area contributed by atoms with Crippen LogP contribution in [0, 0.1) is 5.41 Å². The molecule has 0 aromatic carbocycles. The Bertz CT molecular complexity index is 636. The van der Waals surface area contributed by atoms with Crippen molar-refractivity contribution in [2.75, 3.05) is 26.7 Å². The molecule has 3 rings (SSSR count). The Morgan fingerprint density at radius 3 is 2.64 bits per heavy atom. The highest BCUT2D eigenvalue weighted by Crippen LogP contribution is 2.41. The lowest BCUT2D eigenvalue weighted by Crippen LogP contribution is -2.43. The number of rotatable bonds is 3. The molecule has 5 nitrogen and oxygen atoms in total. The quantitative estimate of drug-likeness (QED) is 0.848. The maximum Gasteiger partial charge on any atom is 0.253 e. The molecule has 0 atom stereocenters. The molecule has 2 aliphatic rings. The van der Waals surface area contributed by atoms with Crippen molar-refractivity contribution in [3.05, 3.63) is 29.6 Å². The zero-order valence-corrected chi connectivity index (χ0v) is 15.5. The van der Waals surface area contributed by atoms with Crippen LogP contribution in [0.3, 0.4) is 0 Å². The summed E-state index contributed by atoms with van der Waals surface area (Å²) in [5.41, 5.74) is 1.99. The highest BCUT2D eigenvalue weighted by molar-refractivity contribution is 5.94. The van der Waals surface area contributed by atoms with Crippen molar-refractivity contribution < 1.29 is 9.59 Å². The van der Waals surface area contributed by atoms with Crippen LogP contribution in [0.25, 0.3) is 0 Å². The maximum absolute atomic E-state index is 12.8. The molecule has 5 heteroatoms. The van der Waals surface area contributed by atoms with Gasteiger partial charge in [-0.05, 0) is 49.7 Å². The number of piperidine rings is 1. The number of aromatic nitrogens is 1. The van der Waals surface area contributed by atoms with Gasteiger partial charge in [0, 0.05) is 50.6 Å². The molecular formula is C20H29N3O2. The number of carbonyl (C=O) groups excluding carboxylic acids is 2. The summed E-state index contributed by atoms with van der Waals surface area (Å²) in [6, 6.07) is 3.76. The Morgan fingerprint density at radius 1 is 1.20 bits per heavy atom. The van der Waals surface area contributed by atoms with E-state index in [1.165, 1.54) is 0 Å². The van der Waals surface area contributed by atoms with Gasteiger partial charge in [0.05, 0.1) is 0 Å². The van der Waals surface area contributed by atoms with Crippen molar-refractivity contribution in [3.63, 3.8) is 0 Å². The van der Waals surface area contributed by atoms with Gasteiger partial charge in [-0.3, -0.25) is 14.6 Å². The number of nitrogens with zero attached hydrogens (tertiary/aromatic N) is 3. The number of hydrogen-bond acceptors (Lipinski definition) is 3. The van der Waals surface area contributed by atoms with Crippen molar-refractivity contribution in [2.45, 2.75) is 51.9 Å². The summed E-state index contributed by atoms with van der Waals surface area (Å²) in [6.07, 6.45) is 8.38. The molecule has 2 amide bonds. The van der Waals surface area contributed by atoms with Crippen LogP contribution in [-0.4, -0.2) is 53.3 Å². The molecule has 1 spiro atoms. The second kappa shape index (κ2) is 7.54. The van der Waals surface area contributed by atoms with E-state index in [2.05, 4.69) is 11.9 Å². The summed E-state index contributed by atoms with van der Waals surface area (Å²) in [6.45, 7) is 4.55. The first-order chi connectivity index (χ1) is 12.0. The minimum atomic E-state index is 0.122. The zero-order valence-electron chi connectivity index (χ0n) is 15.5. The maximum atomic E-state index is 12.8. The van der Waals surface area contributed by atoms with Crippen LogP contribution in [0.15, 0.2) is 18.3 Å². The Balaban J connectivity index is 1.63. The summed E-state index contributed by atoms with van der Waals surface area (Å²) < 4.78 is 0. The van der Waals surface area contributed by atoms with E-state index in [4.69, 9.17) is 0 Å². The van der Waals surface area contributed by atoms with Gasteiger partial charge in [0.2, 0.25) is 5.91 Å². The SMILES string of the molecule is CCCc1cc(C(=O)N2CCC3(CCC(=O)N(C)CC3)CC2)ccn1. The van der Waals surface area contributed by atoms with Crippen molar-refractivity contribution in [1.82, 2.24) is 14.8 Å². The predicted molar refractivity (Wildman–Crippen MR) is 97.3 cm³/mol. The van der Waals surface area contributed by atoms with Gasteiger partial charge < -0.3 is 9.80 Å². The van der Waals surface area contributed by atoms with E-state index >= 15 is 0 Å². The molecule has 136 valence electrons. The number of amides is 2. The summed E-state index contributed by atoms with van der Waals surface area (Å²) >= 11 is 0. The average molecular weight is 343 g/mol. The largest absolute Gasteiger partial charge is 0.346 e. The van der Waals surface area contributed by atoms with Gasteiger partial charge in [-0.25, -0.2) is 0 Å². The molecule has 0 N–H and O–H groups in total. The van der Waals surface area contributed by atoms with Crippen molar-refractivity contribution in [1.29, 1.82) is 0 Å². The third-order valence-corrected chi connectivity index (χ3v) is 5.95. The van der Waals surface area contributed by atoms with Crippen LogP contribution < -0.4 is 0 Å². The summed E-state index contributed by atoms with van der Waals surface area (Å²) in [5.74, 6) is 0.382. The Morgan fingerprint density at radius 2 is 1.92 bits per heavy atom. The lowest BCUT2D eigenvalue weighted by Gasteiger charge is -2.41. The van der Waals surface area contributed by atoms with Gasteiger partial charge in [0.1, 0.15) is 0 Å². The van der Waals surface area contributed by atoms with Gasteiger partial charge in [-0.15, -0.1) is 0 Å². The summed E-state index contributed by atoms with van der Waals surface area (Å²) in [7, 11) is 1.90. The molecule has 3 heterocycles. The second-order valence-electron chi connectivity index (χ2n) is 7.64. The highest BCUT2D eigenvalue weighted by Gasteiger charge is 2.38. The summed E-state index contributed by atoms with van der Waals surface area (Å²) in [4.78, 5) is 33.0. The molecule has 0 saturated carbocycles. The predicted octanol–water partition coefficient (Wildman–Crippen LogP) is 2.90. The Labute approximate surface area is 150 Å². The Hall–Kier alpha value is -1.91. The molecular weight excluding hydrogens is 314 g/mol. The van der Waals surface area contributed by atoms with Crippen LogP contribution >= 0.6 is 0 Å². The van der Waals surface area contributed by atoms with Crippen LogP contribution in [0.2, 0.25) is 0 Å². The van der Waals surface area contributed by atoms with Crippen molar-refractivity contribution in [3.8, 4) is 0 Å². The standard InChI is InChI=1S/C20H29N3O2/c1-3-4-17-15-16(6-11-21-17)19(25)23-13-9-20(10-14-23)7-5-18(24)22(2)12-8-20/h6,11,15H,3-5,7-10,12-14H2,1-2H3. The first-order valence-corrected chi connectivity index (χ1v) is 9.51. The number of likely N-dealkylation sites (tertiary alicyclic amines) is 2. The van der Waals surface area contributed by atoms with E-state index in [-0.39, 0.29) is 17.2 Å². The number of pyridine rings is 1. The van der Waals surface area contributed by atoms with Crippen LogP contribution in [0.1, 0.15) is 61.5 Å². The summed E-state index contributed by atoms with van der Waals surface area (Å²) in [5, 5.41) is 0. The van der Waals surface area contributed by atoms with Crippen LogP contribution in [-0.2, 0) is 11.2 Å². The van der Waals surface area contributed by atoms with Gasteiger partial charge >= 0.3 is 0 Å². The van der Waals surface area contributed by atoms with E-state index in [0.717, 1.165) is 69.4 Å². The molecule has 0 bridgehead atoms. The minimum Gasteiger partial charge on any atom is -0.346 e. The molecule has 2 aliphatic heterocycles. The van der Waals surface area contributed by atoms with E-state index in [9.17, 15) is 9.59 Å². The fourth-order valence-electron chi connectivity index (χ4n) is 4.09. The second-order valence-corrected chi connectivity index (χ2v) is 7.64. The fraction of sp³-hybridized carbons (Fsp3) is 0.650. The minimum absolute atomic E-state index is 0.122. The third-order valence-electron chi connectivity index (χ3n) is 5.95. The molecule has 25 heavy (non-hydrogen) atoms.